The first-order chi connectivity index (χ1) is 15.8. The van der Waals surface area contributed by atoms with Gasteiger partial charge in [0.05, 0.1) is 24.2 Å². The molecule has 0 aliphatic carbocycles. The Morgan fingerprint density at radius 3 is 2.48 bits per heavy atom. The van der Waals surface area contributed by atoms with Crippen LogP contribution in [0.3, 0.4) is 0 Å². The molecule has 0 aromatic carbocycles. The smallest absolute Gasteiger partial charge is 0.353 e. The summed E-state index contributed by atoms with van der Waals surface area (Å²) in [5.74, 6) is 0.223. The lowest BCUT2D eigenvalue weighted by atomic mass is 9.92. The van der Waals surface area contributed by atoms with Gasteiger partial charge in [0.25, 0.3) is 0 Å². The third-order valence-electron chi connectivity index (χ3n) is 6.08. The number of carbonyl (C=O) groups excluding carboxylic acids is 2. The molecule has 2 saturated heterocycles. The number of piperidine rings is 1. The van der Waals surface area contributed by atoms with E-state index in [-0.39, 0.29) is 17.7 Å². The maximum atomic E-state index is 12.5. The molecule has 2 amide bonds. The number of carbonyl (C=O) groups is 2. The average Bonchev–Trinajstić information content (AvgIpc) is 2.77. The van der Waals surface area contributed by atoms with E-state index in [4.69, 9.17) is 0 Å². The maximum absolute atomic E-state index is 12.5. The number of hydrogen-bond acceptors (Lipinski definition) is 6. The topological polar surface area (TPSA) is 91.3 Å². The Bertz CT molecular complexity index is 956. The van der Waals surface area contributed by atoms with E-state index < -0.39 is 24.9 Å². The number of nitrogens with one attached hydrogen (secondary N) is 1. The van der Waals surface area contributed by atoms with Crippen LogP contribution in [0, 0.1) is 5.92 Å². The van der Waals surface area contributed by atoms with Gasteiger partial charge in [0.1, 0.15) is 0 Å². The molecule has 0 radical (unpaired) electrons. The zero-order valence-electron chi connectivity index (χ0n) is 18.0. The van der Waals surface area contributed by atoms with Gasteiger partial charge in [0.2, 0.25) is 11.8 Å². The fourth-order valence-corrected chi connectivity index (χ4v) is 4.09. The third kappa shape index (κ3) is 5.96. The maximum Gasteiger partial charge on any atom is 0.389 e. The number of nitrogens with zero attached hydrogens (tertiary/aromatic N) is 5. The van der Waals surface area contributed by atoms with Crippen LogP contribution in [0.4, 0.5) is 24.7 Å². The van der Waals surface area contributed by atoms with Crippen molar-refractivity contribution in [3.05, 3.63) is 42.4 Å². The molecular weight excluding hydrogens is 437 g/mol. The SMILES string of the molecule is O=C(Nc1ccc(C2CCN(C(=O)CCC(F)(F)F)CC2)nc1)C1CN(c2cccnn2)C1. The molecule has 2 fully saturated rings. The number of anilines is 2. The quantitative estimate of drug-likeness (QED) is 0.710. The van der Waals surface area contributed by atoms with Crippen LogP contribution in [0.1, 0.15) is 37.3 Å². The van der Waals surface area contributed by atoms with Crippen molar-refractivity contribution in [3.8, 4) is 0 Å². The summed E-state index contributed by atoms with van der Waals surface area (Å²) in [6.07, 6.45) is -1.38. The van der Waals surface area contributed by atoms with Crippen LogP contribution in [0.25, 0.3) is 0 Å². The number of aromatic nitrogens is 3. The van der Waals surface area contributed by atoms with Crippen molar-refractivity contribution in [2.45, 2.75) is 37.8 Å². The molecule has 2 aliphatic rings. The van der Waals surface area contributed by atoms with Crippen LogP contribution in [0.2, 0.25) is 0 Å². The molecule has 176 valence electrons. The molecule has 0 atom stereocenters. The first-order valence-corrected chi connectivity index (χ1v) is 10.9. The van der Waals surface area contributed by atoms with Gasteiger partial charge in [-0.15, -0.1) is 5.10 Å². The molecule has 8 nitrogen and oxygen atoms in total. The fraction of sp³-hybridized carbons (Fsp3) is 0.500. The van der Waals surface area contributed by atoms with E-state index >= 15 is 0 Å². The highest BCUT2D eigenvalue weighted by atomic mass is 19.4. The molecule has 0 spiro atoms. The minimum Gasteiger partial charge on any atom is -0.353 e. The monoisotopic (exact) mass is 462 g/mol. The van der Waals surface area contributed by atoms with Gasteiger partial charge in [-0.2, -0.15) is 18.3 Å². The predicted octanol–water partition coefficient (Wildman–Crippen LogP) is 3.00. The largest absolute Gasteiger partial charge is 0.389 e. The van der Waals surface area contributed by atoms with E-state index in [1.54, 1.807) is 24.5 Å². The van der Waals surface area contributed by atoms with E-state index in [0.717, 1.165) is 11.5 Å². The molecule has 0 saturated carbocycles. The van der Waals surface area contributed by atoms with E-state index in [2.05, 4.69) is 20.5 Å². The van der Waals surface area contributed by atoms with Crippen LogP contribution in [-0.2, 0) is 9.59 Å². The summed E-state index contributed by atoms with van der Waals surface area (Å²) in [6, 6.07) is 7.32. The summed E-state index contributed by atoms with van der Waals surface area (Å²) < 4.78 is 37.0. The van der Waals surface area contributed by atoms with Gasteiger partial charge < -0.3 is 15.1 Å². The first-order valence-electron chi connectivity index (χ1n) is 10.9. The van der Waals surface area contributed by atoms with Gasteiger partial charge in [-0.1, -0.05) is 0 Å². The van der Waals surface area contributed by atoms with Crippen LogP contribution >= 0.6 is 0 Å². The number of amides is 2. The Morgan fingerprint density at radius 1 is 1.12 bits per heavy atom. The van der Waals surface area contributed by atoms with Gasteiger partial charge in [-0.3, -0.25) is 14.6 Å². The van der Waals surface area contributed by atoms with Crippen LogP contribution in [0.5, 0.6) is 0 Å². The van der Waals surface area contributed by atoms with Crippen molar-refractivity contribution in [1.29, 1.82) is 0 Å². The number of hydrogen-bond donors (Lipinski definition) is 1. The number of rotatable bonds is 6. The van der Waals surface area contributed by atoms with Crippen molar-refractivity contribution < 1.29 is 22.8 Å². The highest BCUT2D eigenvalue weighted by Crippen LogP contribution is 2.29. The summed E-state index contributed by atoms with van der Waals surface area (Å²) in [5, 5.41) is 10.8. The lowest BCUT2D eigenvalue weighted by Crippen LogP contribution is -2.52. The first kappa shape index (κ1) is 22.9. The van der Waals surface area contributed by atoms with Crippen molar-refractivity contribution in [1.82, 2.24) is 20.1 Å². The standard InChI is InChI=1S/C22H25F3N6O2/c23-22(24,25)8-5-20(32)30-10-6-15(7-11-30)18-4-3-17(12-26-18)28-21(33)16-13-31(14-16)19-2-1-9-27-29-19/h1-4,9,12,15-16H,5-8,10-11,13-14H2,(H,28,33). The summed E-state index contributed by atoms with van der Waals surface area (Å²) in [7, 11) is 0. The minimum absolute atomic E-state index is 0.0737. The van der Waals surface area contributed by atoms with Crippen LogP contribution < -0.4 is 10.2 Å². The molecule has 33 heavy (non-hydrogen) atoms. The van der Waals surface area contributed by atoms with E-state index in [0.29, 0.717) is 44.7 Å². The Hall–Kier alpha value is -3.24. The number of alkyl halides is 3. The van der Waals surface area contributed by atoms with Crippen molar-refractivity contribution in [2.75, 3.05) is 36.4 Å². The molecule has 2 aromatic heterocycles. The molecule has 1 N–H and O–H groups in total. The predicted molar refractivity (Wildman–Crippen MR) is 114 cm³/mol. The number of likely N-dealkylation sites (tertiary alicyclic amines) is 1. The highest BCUT2D eigenvalue weighted by molar-refractivity contribution is 5.94. The number of halogens is 3. The Morgan fingerprint density at radius 2 is 1.88 bits per heavy atom. The lowest BCUT2D eigenvalue weighted by Gasteiger charge is -2.38. The summed E-state index contributed by atoms with van der Waals surface area (Å²) in [4.78, 5) is 32.4. The zero-order chi connectivity index (χ0) is 23.4. The Balaban J connectivity index is 1.21. The molecule has 11 heteroatoms. The van der Waals surface area contributed by atoms with Gasteiger partial charge in [0, 0.05) is 50.4 Å². The molecule has 4 rings (SSSR count). The van der Waals surface area contributed by atoms with Gasteiger partial charge in [0.15, 0.2) is 5.82 Å². The summed E-state index contributed by atoms with van der Waals surface area (Å²) in [5.41, 5.74) is 1.47. The molecular formula is C22H25F3N6O2. The van der Waals surface area contributed by atoms with E-state index in [1.807, 2.05) is 17.0 Å². The normalized spacial score (nSPS) is 17.5. The second-order valence-electron chi connectivity index (χ2n) is 8.41. The second kappa shape index (κ2) is 9.72. The summed E-state index contributed by atoms with van der Waals surface area (Å²) >= 11 is 0. The van der Waals surface area contributed by atoms with Gasteiger partial charge in [-0.25, -0.2) is 0 Å². The van der Waals surface area contributed by atoms with Gasteiger partial charge in [-0.05, 0) is 37.1 Å². The Kier molecular flexibility index (Phi) is 6.75. The zero-order valence-corrected chi connectivity index (χ0v) is 18.0. The Labute approximate surface area is 189 Å². The lowest BCUT2D eigenvalue weighted by molar-refractivity contribution is -0.149. The van der Waals surface area contributed by atoms with Gasteiger partial charge >= 0.3 is 6.18 Å². The van der Waals surface area contributed by atoms with Crippen molar-refractivity contribution in [3.63, 3.8) is 0 Å². The molecule has 2 aromatic rings. The van der Waals surface area contributed by atoms with E-state index in [1.165, 1.54) is 4.90 Å². The minimum atomic E-state index is -4.32. The molecule has 2 aliphatic heterocycles. The number of pyridine rings is 1. The average molecular weight is 462 g/mol. The van der Waals surface area contributed by atoms with Crippen LogP contribution in [0.15, 0.2) is 36.7 Å². The molecule has 0 bridgehead atoms. The fourth-order valence-electron chi connectivity index (χ4n) is 4.09. The summed E-state index contributed by atoms with van der Waals surface area (Å²) in [6.45, 7) is 2.00. The van der Waals surface area contributed by atoms with Crippen molar-refractivity contribution in [2.24, 2.45) is 5.92 Å². The van der Waals surface area contributed by atoms with Crippen LogP contribution in [-0.4, -0.2) is 64.3 Å². The second-order valence-corrected chi connectivity index (χ2v) is 8.41. The molecule has 4 heterocycles. The third-order valence-corrected chi connectivity index (χ3v) is 6.08. The molecule has 0 unspecified atom stereocenters. The van der Waals surface area contributed by atoms with Crippen molar-refractivity contribution >= 4 is 23.3 Å². The van der Waals surface area contributed by atoms with E-state index in [9.17, 15) is 22.8 Å². The highest BCUT2D eigenvalue weighted by Gasteiger charge is 2.34.